The molecule has 9 heteroatoms. The summed E-state index contributed by atoms with van der Waals surface area (Å²) in [6, 6.07) is 18.5. The van der Waals surface area contributed by atoms with Gasteiger partial charge in [0, 0.05) is 17.8 Å². The second kappa shape index (κ2) is 8.93. The molecule has 34 heavy (non-hydrogen) atoms. The van der Waals surface area contributed by atoms with Crippen molar-refractivity contribution < 1.29 is 32.2 Å². The molecule has 0 aliphatic carbocycles. The van der Waals surface area contributed by atoms with Gasteiger partial charge in [0.1, 0.15) is 17.2 Å². The van der Waals surface area contributed by atoms with Gasteiger partial charge in [0.25, 0.3) is 11.8 Å². The van der Waals surface area contributed by atoms with Crippen molar-refractivity contribution in [1.29, 1.82) is 0 Å². The lowest BCUT2D eigenvalue weighted by Gasteiger charge is -2.16. The normalized spacial score (nSPS) is 14.0. The molecule has 4 rings (SSSR count). The minimum absolute atomic E-state index is 0.0687. The zero-order valence-corrected chi connectivity index (χ0v) is 18.1. The van der Waals surface area contributed by atoms with Crippen LogP contribution in [0, 0.1) is 6.92 Å². The molecule has 1 aliphatic rings. The van der Waals surface area contributed by atoms with Crippen molar-refractivity contribution in [1.82, 2.24) is 0 Å². The maximum Gasteiger partial charge on any atom is 0.573 e. The number of nitrogens with zero attached hydrogens (tertiary/aromatic N) is 1. The predicted molar refractivity (Wildman–Crippen MR) is 120 cm³/mol. The summed E-state index contributed by atoms with van der Waals surface area (Å²) in [4.78, 5) is 27.9. The molecule has 0 atom stereocenters. The molecule has 0 aromatic heterocycles. The second-order valence-electron chi connectivity index (χ2n) is 7.46. The van der Waals surface area contributed by atoms with Gasteiger partial charge < -0.3 is 14.8 Å². The lowest BCUT2D eigenvalue weighted by Crippen LogP contribution is -2.32. The minimum atomic E-state index is -4.87. The van der Waals surface area contributed by atoms with Crippen molar-refractivity contribution in [2.24, 2.45) is 0 Å². The van der Waals surface area contributed by atoms with Crippen LogP contribution in [0.15, 0.2) is 78.5 Å². The molecule has 3 aromatic rings. The molecule has 0 unspecified atom stereocenters. The van der Waals surface area contributed by atoms with Gasteiger partial charge in [0.05, 0.1) is 18.4 Å². The number of hydrogen-bond donors (Lipinski definition) is 1. The third-order valence-corrected chi connectivity index (χ3v) is 5.07. The summed E-state index contributed by atoms with van der Waals surface area (Å²) >= 11 is 0. The maximum absolute atomic E-state index is 13.4. The lowest BCUT2D eigenvalue weighted by molar-refractivity contribution is -0.274. The minimum Gasteiger partial charge on any atom is -0.497 e. The average Bonchev–Trinajstić information content (AvgIpc) is 3.03. The number of anilines is 2. The Kier molecular flexibility index (Phi) is 6.02. The van der Waals surface area contributed by atoms with Gasteiger partial charge in [-0.15, -0.1) is 13.2 Å². The Morgan fingerprint density at radius 3 is 2.21 bits per heavy atom. The van der Waals surface area contributed by atoms with E-state index in [1.54, 1.807) is 48.5 Å². The van der Waals surface area contributed by atoms with Crippen LogP contribution in [-0.4, -0.2) is 25.3 Å². The van der Waals surface area contributed by atoms with Gasteiger partial charge in [0.2, 0.25) is 0 Å². The van der Waals surface area contributed by atoms with Gasteiger partial charge in [-0.3, -0.25) is 9.59 Å². The molecule has 0 fully saturated rings. The topological polar surface area (TPSA) is 67.9 Å². The first kappa shape index (κ1) is 22.9. The molecule has 2 amide bonds. The number of rotatable bonds is 6. The molecule has 174 valence electrons. The van der Waals surface area contributed by atoms with Crippen LogP contribution in [0.2, 0.25) is 0 Å². The van der Waals surface area contributed by atoms with Crippen LogP contribution in [0.4, 0.5) is 24.5 Å². The summed E-state index contributed by atoms with van der Waals surface area (Å²) in [5.74, 6) is -1.24. The van der Waals surface area contributed by atoms with Crippen LogP contribution in [0.5, 0.6) is 11.5 Å². The quantitative estimate of drug-likeness (QED) is 0.498. The van der Waals surface area contributed by atoms with E-state index in [-0.39, 0.29) is 17.0 Å². The van der Waals surface area contributed by atoms with Gasteiger partial charge >= 0.3 is 6.36 Å². The highest BCUT2D eigenvalue weighted by Crippen LogP contribution is 2.35. The van der Waals surface area contributed by atoms with Gasteiger partial charge in [0.15, 0.2) is 0 Å². The number of ether oxygens (including phenoxy) is 2. The Labute approximate surface area is 193 Å². The Bertz CT molecular complexity index is 1280. The molecule has 0 saturated carbocycles. The molecule has 0 radical (unpaired) electrons. The second-order valence-corrected chi connectivity index (χ2v) is 7.46. The third kappa shape index (κ3) is 4.73. The molecule has 0 bridgehead atoms. The summed E-state index contributed by atoms with van der Waals surface area (Å²) in [6.07, 6.45) is -4.87. The van der Waals surface area contributed by atoms with E-state index in [1.807, 2.05) is 6.92 Å². The first-order valence-electron chi connectivity index (χ1n) is 10.1. The number of methoxy groups -OCH3 is 1. The Balaban J connectivity index is 1.77. The zero-order chi connectivity index (χ0) is 24.5. The standard InChI is InChI=1S/C25H19F3N2O4/c1-15-9-11-16(12-10-15)21-22(29-17-5-3-8-20(13-17)34-25(26,27)28)24(32)30(23(21)31)18-6-4-7-19(14-18)33-2/h3-14,29H,1-2H3. The Morgan fingerprint density at radius 1 is 0.853 bits per heavy atom. The molecular formula is C25H19F3N2O4. The monoisotopic (exact) mass is 468 g/mol. The van der Waals surface area contributed by atoms with E-state index in [2.05, 4.69) is 10.1 Å². The van der Waals surface area contributed by atoms with Crippen molar-refractivity contribution in [3.63, 3.8) is 0 Å². The number of halogens is 3. The van der Waals surface area contributed by atoms with Crippen LogP contribution in [0.3, 0.4) is 0 Å². The molecule has 1 N–H and O–H groups in total. The number of carbonyl (C=O) groups is 2. The van der Waals surface area contributed by atoms with Crippen molar-refractivity contribution in [2.45, 2.75) is 13.3 Å². The molecule has 6 nitrogen and oxygen atoms in total. The number of nitrogens with one attached hydrogen (secondary N) is 1. The van der Waals surface area contributed by atoms with Crippen molar-refractivity contribution in [3.8, 4) is 11.5 Å². The molecule has 0 saturated heterocycles. The number of aryl methyl sites for hydroxylation is 1. The highest BCUT2D eigenvalue weighted by Gasteiger charge is 2.40. The van der Waals surface area contributed by atoms with E-state index >= 15 is 0 Å². The van der Waals surface area contributed by atoms with Gasteiger partial charge in [-0.1, -0.05) is 42.0 Å². The maximum atomic E-state index is 13.4. The smallest absolute Gasteiger partial charge is 0.497 e. The summed E-state index contributed by atoms with van der Waals surface area (Å²) < 4.78 is 47.1. The SMILES string of the molecule is COc1cccc(N2C(=O)C(Nc3cccc(OC(F)(F)F)c3)=C(c3ccc(C)cc3)C2=O)c1. The van der Waals surface area contributed by atoms with E-state index in [0.717, 1.165) is 22.6 Å². The van der Waals surface area contributed by atoms with E-state index in [1.165, 1.54) is 19.2 Å². The number of hydrogen-bond acceptors (Lipinski definition) is 5. The summed E-state index contributed by atoms with van der Waals surface area (Å²) in [5.41, 5.74) is 1.91. The third-order valence-electron chi connectivity index (χ3n) is 5.07. The number of alkyl halides is 3. The van der Waals surface area contributed by atoms with Crippen LogP contribution in [0.25, 0.3) is 5.57 Å². The summed E-state index contributed by atoms with van der Waals surface area (Å²) in [5, 5.41) is 2.83. The van der Waals surface area contributed by atoms with Crippen molar-refractivity contribution in [2.75, 3.05) is 17.3 Å². The molecule has 0 spiro atoms. The fourth-order valence-corrected chi connectivity index (χ4v) is 3.53. The lowest BCUT2D eigenvalue weighted by atomic mass is 10.0. The predicted octanol–water partition coefficient (Wildman–Crippen LogP) is 5.30. The highest BCUT2D eigenvalue weighted by molar-refractivity contribution is 6.46. The van der Waals surface area contributed by atoms with Crippen molar-refractivity contribution in [3.05, 3.63) is 89.6 Å². The van der Waals surface area contributed by atoms with Gasteiger partial charge in [-0.05, 0) is 36.8 Å². The zero-order valence-electron chi connectivity index (χ0n) is 18.1. The largest absolute Gasteiger partial charge is 0.573 e. The first-order valence-corrected chi connectivity index (χ1v) is 10.1. The fourth-order valence-electron chi connectivity index (χ4n) is 3.53. The molecule has 1 heterocycles. The number of carbonyl (C=O) groups excluding carboxylic acids is 2. The fraction of sp³-hybridized carbons (Fsp3) is 0.120. The first-order chi connectivity index (χ1) is 16.2. The summed E-state index contributed by atoms with van der Waals surface area (Å²) in [6.45, 7) is 1.88. The van der Waals surface area contributed by atoms with Gasteiger partial charge in [-0.25, -0.2) is 4.90 Å². The van der Waals surface area contributed by atoms with E-state index in [0.29, 0.717) is 17.0 Å². The van der Waals surface area contributed by atoms with Gasteiger partial charge in [-0.2, -0.15) is 0 Å². The molecule has 1 aliphatic heterocycles. The van der Waals surface area contributed by atoms with E-state index in [9.17, 15) is 22.8 Å². The van der Waals surface area contributed by atoms with Crippen molar-refractivity contribution >= 4 is 28.8 Å². The van der Waals surface area contributed by atoms with Crippen LogP contribution < -0.4 is 19.7 Å². The van der Waals surface area contributed by atoms with Crippen LogP contribution >= 0.6 is 0 Å². The number of imide groups is 1. The average molecular weight is 468 g/mol. The van der Waals surface area contributed by atoms with Crippen LogP contribution in [0.1, 0.15) is 11.1 Å². The summed E-state index contributed by atoms with van der Waals surface area (Å²) in [7, 11) is 1.46. The highest BCUT2D eigenvalue weighted by atomic mass is 19.4. The number of amides is 2. The Hall–Kier alpha value is -4.27. The van der Waals surface area contributed by atoms with Crippen LogP contribution in [-0.2, 0) is 9.59 Å². The molecule has 3 aromatic carbocycles. The number of benzene rings is 3. The molecular weight excluding hydrogens is 449 g/mol. The van der Waals surface area contributed by atoms with E-state index in [4.69, 9.17) is 4.74 Å². The van der Waals surface area contributed by atoms with E-state index < -0.39 is 23.9 Å². The Morgan fingerprint density at radius 2 is 1.53 bits per heavy atom.